The third kappa shape index (κ3) is 5.15. The van der Waals surface area contributed by atoms with Crippen molar-refractivity contribution in [2.45, 2.75) is 0 Å². The quantitative estimate of drug-likeness (QED) is 0.172. The molecule has 8 aromatic carbocycles. The number of rotatable bonds is 6. The molecule has 0 saturated heterocycles. The molecule has 11 rings (SSSR count). The fourth-order valence-electron chi connectivity index (χ4n) is 8.40. The maximum atomic E-state index is 5.48. The first kappa shape index (κ1) is 31.9. The first-order valence-electron chi connectivity index (χ1n) is 19.0. The van der Waals surface area contributed by atoms with Crippen molar-refractivity contribution in [3.63, 3.8) is 0 Å². The third-order valence-electron chi connectivity index (χ3n) is 10.9. The largest absolute Gasteiger partial charge is 0.307 e. The summed E-state index contributed by atoms with van der Waals surface area (Å²) in [5.41, 5.74) is 14.0. The van der Waals surface area contributed by atoms with Crippen molar-refractivity contribution in [1.29, 1.82) is 0 Å². The molecular weight excluding hydrogens is 681 g/mol. The molecule has 0 atom stereocenters. The van der Waals surface area contributed by atoms with Crippen LogP contribution in [0.3, 0.4) is 0 Å². The number of hydrogen-bond donors (Lipinski definition) is 0. The zero-order valence-corrected chi connectivity index (χ0v) is 30.4. The second kappa shape index (κ2) is 13.1. The van der Waals surface area contributed by atoms with E-state index in [9.17, 15) is 0 Å². The molecule has 0 saturated carbocycles. The van der Waals surface area contributed by atoms with E-state index in [2.05, 4.69) is 209 Å². The highest BCUT2D eigenvalue weighted by Crippen LogP contribution is 2.46. The molecule has 0 unspecified atom stereocenters. The average Bonchev–Trinajstić information content (AvgIpc) is 3.81. The van der Waals surface area contributed by atoms with Crippen LogP contribution in [0.15, 0.2) is 206 Å². The Kier molecular flexibility index (Phi) is 7.46. The average molecular weight is 715 g/mol. The smallest absolute Gasteiger partial charge is 0.235 e. The van der Waals surface area contributed by atoms with Crippen LogP contribution in [0.1, 0.15) is 0 Å². The van der Waals surface area contributed by atoms with Gasteiger partial charge >= 0.3 is 0 Å². The number of nitrogens with zero attached hydrogens (tertiary/aromatic N) is 4. The van der Waals surface area contributed by atoms with Crippen molar-refractivity contribution in [3.05, 3.63) is 206 Å². The predicted molar refractivity (Wildman–Crippen MR) is 232 cm³/mol. The molecule has 262 valence electrons. The Hall–Kier alpha value is -7.56. The molecule has 0 spiro atoms. The van der Waals surface area contributed by atoms with Crippen molar-refractivity contribution in [1.82, 2.24) is 19.1 Å². The maximum Gasteiger partial charge on any atom is 0.235 e. The molecule has 0 aliphatic heterocycles. The fraction of sp³-hybridized carbons (Fsp3) is 0. The van der Waals surface area contributed by atoms with E-state index in [4.69, 9.17) is 9.97 Å². The van der Waals surface area contributed by atoms with Crippen LogP contribution in [0.5, 0.6) is 0 Å². The van der Waals surface area contributed by atoms with Gasteiger partial charge in [0.15, 0.2) is 0 Å². The highest BCUT2D eigenvalue weighted by atomic mass is 15.2. The van der Waals surface area contributed by atoms with E-state index < -0.39 is 0 Å². The van der Waals surface area contributed by atoms with Crippen LogP contribution >= 0.6 is 0 Å². The highest BCUT2D eigenvalue weighted by Gasteiger charge is 2.25. The third-order valence-corrected chi connectivity index (χ3v) is 10.9. The molecule has 3 heterocycles. The minimum Gasteiger partial charge on any atom is -0.307 e. The lowest BCUT2D eigenvalue weighted by atomic mass is 9.96. The van der Waals surface area contributed by atoms with E-state index in [1.165, 1.54) is 32.8 Å². The zero-order valence-electron chi connectivity index (χ0n) is 30.4. The van der Waals surface area contributed by atoms with Crippen LogP contribution in [0.25, 0.3) is 100 Å². The molecule has 0 radical (unpaired) electrons. The van der Waals surface area contributed by atoms with Gasteiger partial charge < -0.3 is 4.57 Å². The summed E-state index contributed by atoms with van der Waals surface area (Å²) >= 11 is 0. The molecule has 0 aliphatic carbocycles. The summed E-state index contributed by atoms with van der Waals surface area (Å²) in [6.07, 6.45) is 0. The minimum absolute atomic E-state index is 0.621. The lowest BCUT2D eigenvalue weighted by Gasteiger charge is -2.15. The van der Waals surface area contributed by atoms with Gasteiger partial charge in [0.25, 0.3) is 0 Å². The lowest BCUT2D eigenvalue weighted by molar-refractivity contribution is 0.995. The van der Waals surface area contributed by atoms with Gasteiger partial charge in [0.2, 0.25) is 5.95 Å². The summed E-state index contributed by atoms with van der Waals surface area (Å²) in [5, 5.41) is 4.69. The normalized spacial score (nSPS) is 11.6. The first-order valence-corrected chi connectivity index (χ1v) is 19.0. The summed E-state index contributed by atoms with van der Waals surface area (Å²) in [6, 6.07) is 73.1. The second-order valence-electron chi connectivity index (χ2n) is 14.2. The van der Waals surface area contributed by atoms with Gasteiger partial charge in [0.05, 0.1) is 33.5 Å². The Balaban J connectivity index is 1.29. The van der Waals surface area contributed by atoms with E-state index in [-0.39, 0.29) is 0 Å². The number of para-hydroxylation sites is 3. The van der Waals surface area contributed by atoms with Crippen LogP contribution in [0.2, 0.25) is 0 Å². The number of aromatic nitrogens is 4. The van der Waals surface area contributed by atoms with Crippen molar-refractivity contribution < 1.29 is 0 Å². The second-order valence-corrected chi connectivity index (χ2v) is 14.2. The molecule has 4 heteroatoms. The SMILES string of the molecule is c1ccc(-c2ccc(-c3cc(-c4ccccc4)nc(-n4c5ccccc5c5c(-c6ccccc6)cc6c7ccccc7n(-c7ccccc7)c6c54)n3)cc2)cc1. The lowest BCUT2D eigenvalue weighted by Crippen LogP contribution is -2.05. The standard InChI is InChI=1S/C52H34N4/c1-5-17-35(18-6-1)36-29-31-39(32-30-36)46-34-45(38-21-9-3-10-22-38)53-52(54-46)56-48-28-16-14-26-42(48)49-43(37-19-7-2-8-20-37)33-44-41-25-13-15-27-47(41)55(50(44)51(49)56)40-23-11-4-12-24-40/h1-34H. The minimum atomic E-state index is 0.621. The van der Waals surface area contributed by atoms with Crippen LogP contribution in [-0.4, -0.2) is 19.1 Å². The van der Waals surface area contributed by atoms with Crippen LogP contribution in [-0.2, 0) is 0 Å². The molecule has 56 heavy (non-hydrogen) atoms. The van der Waals surface area contributed by atoms with Crippen molar-refractivity contribution >= 4 is 43.6 Å². The molecule has 0 amide bonds. The van der Waals surface area contributed by atoms with Gasteiger partial charge in [0, 0.05) is 38.4 Å². The van der Waals surface area contributed by atoms with Crippen LogP contribution in [0.4, 0.5) is 0 Å². The molecule has 11 aromatic rings. The zero-order chi connectivity index (χ0) is 37.0. The number of hydrogen-bond acceptors (Lipinski definition) is 2. The maximum absolute atomic E-state index is 5.48. The van der Waals surface area contributed by atoms with Gasteiger partial charge in [-0.25, -0.2) is 9.97 Å². The summed E-state index contributed by atoms with van der Waals surface area (Å²) in [4.78, 5) is 10.9. The Bertz CT molecular complexity index is 3200. The van der Waals surface area contributed by atoms with Gasteiger partial charge in [0.1, 0.15) is 0 Å². The predicted octanol–water partition coefficient (Wildman–Crippen LogP) is 13.3. The summed E-state index contributed by atoms with van der Waals surface area (Å²) in [5.74, 6) is 0.621. The van der Waals surface area contributed by atoms with E-state index in [0.29, 0.717) is 5.95 Å². The van der Waals surface area contributed by atoms with Gasteiger partial charge in [-0.2, -0.15) is 0 Å². The van der Waals surface area contributed by atoms with Crippen molar-refractivity contribution in [2.75, 3.05) is 0 Å². The van der Waals surface area contributed by atoms with Crippen molar-refractivity contribution in [2.24, 2.45) is 0 Å². The van der Waals surface area contributed by atoms with Gasteiger partial charge in [-0.15, -0.1) is 0 Å². The molecule has 4 nitrogen and oxygen atoms in total. The number of fused-ring (bicyclic) bond motifs is 7. The van der Waals surface area contributed by atoms with E-state index in [1.807, 2.05) is 6.07 Å². The molecule has 0 fully saturated rings. The summed E-state index contributed by atoms with van der Waals surface area (Å²) < 4.78 is 4.73. The molecular formula is C52H34N4. The van der Waals surface area contributed by atoms with E-state index in [0.717, 1.165) is 61.2 Å². The van der Waals surface area contributed by atoms with Gasteiger partial charge in [-0.3, -0.25) is 4.57 Å². The Labute approximate surface area is 324 Å². The molecule has 0 N–H and O–H groups in total. The summed E-state index contributed by atoms with van der Waals surface area (Å²) in [6.45, 7) is 0. The van der Waals surface area contributed by atoms with Gasteiger partial charge in [-0.1, -0.05) is 170 Å². The Morgan fingerprint density at radius 3 is 1.43 bits per heavy atom. The molecule has 0 aliphatic rings. The topological polar surface area (TPSA) is 35.6 Å². The summed E-state index contributed by atoms with van der Waals surface area (Å²) in [7, 11) is 0. The van der Waals surface area contributed by atoms with Gasteiger partial charge in [-0.05, 0) is 58.7 Å². The highest BCUT2D eigenvalue weighted by molar-refractivity contribution is 6.28. The van der Waals surface area contributed by atoms with Crippen LogP contribution in [0, 0.1) is 0 Å². The van der Waals surface area contributed by atoms with E-state index >= 15 is 0 Å². The first-order chi connectivity index (χ1) is 27.8. The monoisotopic (exact) mass is 714 g/mol. The fourth-order valence-corrected chi connectivity index (χ4v) is 8.40. The molecule has 3 aromatic heterocycles. The van der Waals surface area contributed by atoms with E-state index in [1.54, 1.807) is 0 Å². The Morgan fingerprint density at radius 2 is 0.786 bits per heavy atom. The number of benzene rings is 8. The Morgan fingerprint density at radius 1 is 0.321 bits per heavy atom. The molecule has 0 bridgehead atoms. The van der Waals surface area contributed by atoms with Crippen LogP contribution < -0.4 is 0 Å². The van der Waals surface area contributed by atoms with Crippen molar-refractivity contribution in [3.8, 4) is 56.4 Å².